The second-order valence-corrected chi connectivity index (χ2v) is 5.10. The molecule has 0 aromatic carbocycles. The number of amides is 1. The number of anilines is 1. The van der Waals surface area contributed by atoms with E-state index in [9.17, 15) is 4.79 Å². The van der Waals surface area contributed by atoms with Crippen LogP contribution in [-0.2, 0) is 4.79 Å². The van der Waals surface area contributed by atoms with Crippen molar-refractivity contribution in [3.8, 4) is 0 Å². The Bertz CT molecular complexity index is 378. The lowest BCUT2D eigenvalue weighted by molar-refractivity contribution is -0.119. The topological polar surface area (TPSA) is 68.0 Å². The van der Waals surface area contributed by atoms with Crippen molar-refractivity contribution in [2.45, 2.75) is 39.2 Å². The molecule has 100 valence electrons. The van der Waals surface area contributed by atoms with E-state index in [4.69, 9.17) is 17.3 Å². The van der Waals surface area contributed by atoms with Gasteiger partial charge in [0.1, 0.15) is 5.82 Å². The molecular weight excluding hydrogens is 250 g/mol. The number of halogens is 1. The maximum Gasteiger partial charge on any atom is 0.228 e. The van der Waals surface area contributed by atoms with Gasteiger partial charge in [-0.15, -0.1) is 0 Å². The van der Waals surface area contributed by atoms with Crippen molar-refractivity contribution < 1.29 is 4.79 Å². The molecule has 0 saturated carbocycles. The summed E-state index contributed by atoms with van der Waals surface area (Å²) < 4.78 is 0. The van der Waals surface area contributed by atoms with Gasteiger partial charge in [0.05, 0.1) is 5.02 Å². The number of hydrogen-bond acceptors (Lipinski definition) is 3. The monoisotopic (exact) mass is 269 g/mol. The normalized spacial score (nSPS) is 14.0. The summed E-state index contributed by atoms with van der Waals surface area (Å²) in [6.45, 7) is 3.88. The first-order chi connectivity index (χ1) is 8.49. The van der Waals surface area contributed by atoms with E-state index in [2.05, 4.69) is 10.3 Å². The van der Waals surface area contributed by atoms with Gasteiger partial charge in [-0.05, 0) is 31.9 Å². The molecule has 0 aliphatic carbocycles. The Kier molecular flexibility index (Phi) is 6.09. The van der Waals surface area contributed by atoms with Gasteiger partial charge in [0.2, 0.25) is 5.91 Å². The lowest BCUT2D eigenvalue weighted by Crippen LogP contribution is -2.22. The van der Waals surface area contributed by atoms with Gasteiger partial charge in [-0.1, -0.05) is 24.9 Å². The molecule has 1 heterocycles. The number of nitrogens with two attached hydrogens (primary N) is 1. The Morgan fingerprint density at radius 2 is 2.17 bits per heavy atom. The van der Waals surface area contributed by atoms with E-state index in [1.54, 1.807) is 12.1 Å². The smallest absolute Gasteiger partial charge is 0.228 e. The van der Waals surface area contributed by atoms with E-state index >= 15 is 0 Å². The second-order valence-electron chi connectivity index (χ2n) is 4.66. The van der Waals surface area contributed by atoms with Crippen molar-refractivity contribution in [1.29, 1.82) is 0 Å². The minimum atomic E-state index is -0.0405. The fraction of sp³-hybridized carbons (Fsp3) is 0.538. The van der Waals surface area contributed by atoms with Gasteiger partial charge in [-0.3, -0.25) is 4.79 Å². The summed E-state index contributed by atoms with van der Waals surface area (Å²) in [6, 6.07) is 3.58. The van der Waals surface area contributed by atoms with Crippen molar-refractivity contribution in [2.75, 3.05) is 5.32 Å². The van der Waals surface area contributed by atoms with E-state index in [-0.39, 0.29) is 17.9 Å². The first-order valence-corrected chi connectivity index (χ1v) is 6.55. The highest BCUT2D eigenvalue weighted by Gasteiger charge is 2.13. The molecule has 0 fully saturated rings. The third-order valence-corrected chi connectivity index (χ3v) is 2.95. The Morgan fingerprint density at radius 1 is 1.44 bits per heavy atom. The highest BCUT2D eigenvalue weighted by molar-refractivity contribution is 6.30. The molecule has 2 unspecified atom stereocenters. The summed E-state index contributed by atoms with van der Waals surface area (Å²) in [7, 11) is 0. The zero-order chi connectivity index (χ0) is 13.5. The van der Waals surface area contributed by atoms with Crippen LogP contribution in [0.2, 0.25) is 5.02 Å². The molecule has 0 aliphatic heterocycles. The van der Waals surface area contributed by atoms with Crippen LogP contribution in [0.5, 0.6) is 0 Å². The number of nitrogens with one attached hydrogen (secondary N) is 1. The summed E-state index contributed by atoms with van der Waals surface area (Å²) in [4.78, 5) is 15.9. The van der Waals surface area contributed by atoms with E-state index in [0.717, 1.165) is 19.3 Å². The van der Waals surface area contributed by atoms with Crippen molar-refractivity contribution in [2.24, 2.45) is 11.7 Å². The van der Waals surface area contributed by atoms with Crippen LogP contribution in [0.4, 0.5) is 5.82 Å². The molecule has 0 spiro atoms. The minimum Gasteiger partial charge on any atom is -0.328 e. The largest absolute Gasteiger partial charge is 0.328 e. The lowest BCUT2D eigenvalue weighted by atomic mass is 10.0. The molecule has 0 radical (unpaired) electrons. The van der Waals surface area contributed by atoms with Gasteiger partial charge in [-0.2, -0.15) is 0 Å². The van der Waals surface area contributed by atoms with E-state index in [1.165, 1.54) is 6.20 Å². The molecule has 1 aromatic heterocycles. The molecule has 0 bridgehead atoms. The summed E-state index contributed by atoms with van der Waals surface area (Å²) in [5.41, 5.74) is 5.67. The van der Waals surface area contributed by atoms with Crippen molar-refractivity contribution >= 4 is 23.3 Å². The summed E-state index contributed by atoms with van der Waals surface area (Å²) in [5.74, 6) is 0.471. The summed E-state index contributed by atoms with van der Waals surface area (Å²) >= 11 is 5.72. The zero-order valence-corrected chi connectivity index (χ0v) is 11.6. The number of hydrogen-bond donors (Lipinski definition) is 2. The molecule has 0 saturated heterocycles. The van der Waals surface area contributed by atoms with Crippen LogP contribution in [0.3, 0.4) is 0 Å². The van der Waals surface area contributed by atoms with Gasteiger partial charge in [0, 0.05) is 18.2 Å². The second kappa shape index (κ2) is 7.34. The predicted molar refractivity (Wildman–Crippen MR) is 74.5 cm³/mol. The number of aromatic nitrogens is 1. The van der Waals surface area contributed by atoms with Crippen LogP contribution >= 0.6 is 11.6 Å². The van der Waals surface area contributed by atoms with E-state index < -0.39 is 0 Å². The molecule has 1 amide bonds. The highest BCUT2D eigenvalue weighted by Crippen LogP contribution is 2.13. The molecule has 5 heteroatoms. The third kappa shape index (κ3) is 5.47. The molecule has 2 atom stereocenters. The fourth-order valence-electron chi connectivity index (χ4n) is 1.58. The molecule has 4 nitrogen and oxygen atoms in total. The van der Waals surface area contributed by atoms with Crippen LogP contribution in [0, 0.1) is 5.92 Å². The fourth-order valence-corrected chi connectivity index (χ4v) is 1.69. The maximum absolute atomic E-state index is 11.9. The molecule has 1 rings (SSSR count). The number of carbonyl (C=O) groups excluding carboxylic acids is 1. The van der Waals surface area contributed by atoms with Crippen molar-refractivity contribution in [1.82, 2.24) is 4.98 Å². The van der Waals surface area contributed by atoms with E-state index in [1.807, 2.05) is 13.8 Å². The van der Waals surface area contributed by atoms with Gasteiger partial charge in [-0.25, -0.2) is 4.98 Å². The van der Waals surface area contributed by atoms with Gasteiger partial charge < -0.3 is 11.1 Å². The van der Waals surface area contributed by atoms with Crippen LogP contribution in [-0.4, -0.2) is 16.9 Å². The first kappa shape index (κ1) is 14.9. The minimum absolute atomic E-state index is 0.0190. The van der Waals surface area contributed by atoms with E-state index in [0.29, 0.717) is 10.8 Å². The third-order valence-electron chi connectivity index (χ3n) is 2.72. The SMILES string of the molecule is CC(N)CCCC(C)C(=O)Nc1ccc(Cl)cn1. The quantitative estimate of drug-likeness (QED) is 0.834. The standard InChI is InChI=1S/C13H20ClN3O/c1-9(4-3-5-10(2)15)13(18)17-12-7-6-11(14)8-16-12/h6-10H,3-5,15H2,1-2H3,(H,16,17,18). The van der Waals surface area contributed by atoms with Crippen molar-refractivity contribution in [3.63, 3.8) is 0 Å². The summed E-state index contributed by atoms with van der Waals surface area (Å²) in [5, 5.41) is 3.32. The summed E-state index contributed by atoms with van der Waals surface area (Å²) in [6.07, 6.45) is 4.25. The molecule has 1 aromatic rings. The molecular formula is C13H20ClN3O. The van der Waals surface area contributed by atoms with Crippen LogP contribution in [0.25, 0.3) is 0 Å². The number of pyridine rings is 1. The molecule has 3 N–H and O–H groups in total. The molecule has 0 aliphatic rings. The lowest BCUT2D eigenvalue weighted by Gasteiger charge is -2.12. The van der Waals surface area contributed by atoms with Crippen LogP contribution < -0.4 is 11.1 Å². The predicted octanol–water partition coefficient (Wildman–Crippen LogP) is 2.83. The average molecular weight is 270 g/mol. The van der Waals surface area contributed by atoms with Gasteiger partial charge >= 0.3 is 0 Å². The Labute approximate surface area is 113 Å². The number of rotatable bonds is 6. The van der Waals surface area contributed by atoms with Crippen molar-refractivity contribution in [3.05, 3.63) is 23.4 Å². The number of nitrogens with zero attached hydrogens (tertiary/aromatic N) is 1. The van der Waals surface area contributed by atoms with Gasteiger partial charge in [0.15, 0.2) is 0 Å². The Morgan fingerprint density at radius 3 is 2.72 bits per heavy atom. The van der Waals surface area contributed by atoms with Gasteiger partial charge in [0.25, 0.3) is 0 Å². The Hall–Kier alpha value is -1.13. The zero-order valence-electron chi connectivity index (χ0n) is 10.8. The average Bonchev–Trinajstić information content (AvgIpc) is 2.31. The van der Waals surface area contributed by atoms with Crippen LogP contribution in [0.1, 0.15) is 33.1 Å². The molecule has 18 heavy (non-hydrogen) atoms. The number of carbonyl (C=O) groups is 1. The first-order valence-electron chi connectivity index (χ1n) is 6.17. The Balaban J connectivity index is 2.37. The maximum atomic E-state index is 11.9. The highest BCUT2D eigenvalue weighted by atomic mass is 35.5. The van der Waals surface area contributed by atoms with Crippen LogP contribution in [0.15, 0.2) is 18.3 Å².